The molecule has 5 aliphatic rings. The summed E-state index contributed by atoms with van der Waals surface area (Å²) in [5.41, 5.74) is 16.3. The summed E-state index contributed by atoms with van der Waals surface area (Å²) < 4.78 is 6.53. The predicted octanol–water partition coefficient (Wildman–Crippen LogP) is 15.1. The van der Waals surface area contributed by atoms with Crippen LogP contribution in [0.4, 0.5) is 17.1 Å². The van der Waals surface area contributed by atoms with Crippen molar-refractivity contribution < 1.29 is 4.42 Å². The van der Waals surface area contributed by atoms with E-state index >= 15 is 0 Å². The summed E-state index contributed by atoms with van der Waals surface area (Å²) in [6, 6.07) is 64.6. The number of rotatable bonds is 5. The Morgan fingerprint density at radius 1 is 0.500 bits per heavy atom. The van der Waals surface area contributed by atoms with Crippen LogP contribution in [0.2, 0.25) is 0 Å². The second-order valence-electron chi connectivity index (χ2n) is 18.0. The van der Waals surface area contributed by atoms with Gasteiger partial charge in [0.1, 0.15) is 11.2 Å². The molecule has 1 spiro atoms. The first kappa shape index (κ1) is 34.0. The number of para-hydroxylation sites is 2. The largest absolute Gasteiger partial charge is 0.456 e. The van der Waals surface area contributed by atoms with Crippen LogP contribution < -0.4 is 4.90 Å². The molecule has 0 aliphatic heterocycles. The molecular weight excluding hydrogens is 729 g/mol. The molecule has 4 saturated carbocycles. The summed E-state index contributed by atoms with van der Waals surface area (Å²) in [7, 11) is 0. The van der Waals surface area contributed by atoms with Crippen molar-refractivity contribution in [3.05, 3.63) is 187 Å². The van der Waals surface area contributed by atoms with Gasteiger partial charge in [-0.2, -0.15) is 5.26 Å². The van der Waals surface area contributed by atoms with Crippen molar-refractivity contribution in [2.24, 2.45) is 23.7 Å². The molecule has 1 heterocycles. The molecule has 0 saturated heterocycles. The molecule has 60 heavy (non-hydrogen) atoms. The summed E-state index contributed by atoms with van der Waals surface area (Å²) in [5.74, 6) is 2.85. The molecule has 8 aromatic carbocycles. The highest BCUT2D eigenvalue weighted by molar-refractivity contribution is 6.07. The standard InChI is InChI=1S/C57H42N2O/c58-34-35-17-21-45(22-18-35)59(44-11-2-1-3-12-44)53-32-41(39-19-23-49-48-14-6-7-16-54(48)60-55(49)33-39)31-52-56(53)50-30-40(47-15-8-10-38-9-4-5-13-46(38)47)20-24-51(50)57(52)42-26-36-25-37(28-42)29-43(57)27-36/h1-24,30-33,36-37,42-43H,25-29H2. The number of fused-ring (bicyclic) bond motifs is 7. The summed E-state index contributed by atoms with van der Waals surface area (Å²) in [5, 5.41) is 14.7. The van der Waals surface area contributed by atoms with Crippen LogP contribution in [0.15, 0.2) is 174 Å². The quantitative estimate of drug-likeness (QED) is 0.175. The predicted molar refractivity (Wildman–Crippen MR) is 245 cm³/mol. The van der Waals surface area contributed by atoms with Gasteiger partial charge < -0.3 is 9.32 Å². The lowest BCUT2D eigenvalue weighted by atomic mass is 9.43. The van der Waals surface area contributed by atoms with Gasteiger partial charge in [0.15, 0.2) is 0 Å². The Hall–Kier alpha value is -6.89. The molecule has 0 N–H and O–H groups in total. The minimum absolute atomic E-state index is 0.0728. The van der Waals surface area contributed by atoms with Gasteiger partial charge in [0, 0.05) is 33.1 Å². The third-order valence-corrected chi connectivity index (χ3v) is 15.0. The highest BCUT2D eigenvalue weighted by atomic mass is 16.3. The first-order valence-corrected chi connectivity index (χ1v) is 21.7. The molecule has 4 bridgehead atoms. The zero-order valence-electron chi connectivity index (χ0n) is 33.3. The molecule has 286 valence electrons. The van der Waals surface area contributed by atoms with Crippen molar-refractivity contribution in [2.75, 3.05) is 4.90 Å². The number of furan rings is 1. The van der Waals surface area contributed by atoms with Crippen LogP contribution in [0.1, 0.15) is 48.8 Å². The number of nitriles is 1. The zero-order chi connectivity index (χ0) is 39.5. The Morgan fingerprint density at radius 2 is 1.18 bits per heavy atom. The number of nitrogens with zero attached hydrogens (tertiary/aromatic N) is 2. The van der Waals surface area contributed by atoms with Crippen LogP contribution in [-0.4, -0.2) is 0 Å². The Bertz CT molecular complexity index is 3210. The van der Waals surface area contributed by atoms with Crippen LogP contribution in [0.5, 0.6) is 0 Å². The monoisotopic (exact) mass is 770 g/mol. The lowest BCUT2D eigenvalue weighted by Crippen LogP contribution is -2.55. The molecule has 9 aromatic rings. The number of anilines is 3. The third kappa shape index (κ3) is 4.82. The maximum Gasteiger partial charge on any atom is 0.136 e. The van der Waals surface area contributed by atoms with Gasteiger partial charge in [0.2, 0.25) is 0 Å². The van der Waals surface area contributed by atoms with Crippen molar-refractivity contribution >= 4 is 49.8 Å². The lowest BCUT2D eigenvalue weighted by Gasteiger charge is -2.61. The van der Waals surface area contributed by atoms with E-state index in [1.54, 1.807) is 0 Å². The van der Waals surface area contributed by atoms with Gasteiger partial charge in [-0.15, -0.1) is 0 Å². The number of hydrogen-bond acceptors (Lipinski definition) is 3. The van der Waals surface area contributed by atoms with E-state index in [1.807, 2.05) is 18.2 Å². The summed E-state index contributed by atoms with van der Waals surface area (Å²) in [4.78, 5) is 2.45. The molecule has 3 heteroatoms. The highest BCUT2D eigenvalue weighted by Crippen LogP contribution is 2.71. The first-order chi connectivity index (χ1) is 29.6. The lowest BCUT2D eigenvalue weighted by molar-refractivity contribution is -0.0399. The minimum Gasteiger partial charge on any atom is -0.456 e. The normalized spacial score (nSPS) is 22.1. The van der Waals surface area contributed by atoms with E-state index in [4.69, 9.17) is 4.42 Å². The fourth-order valence-corrected chi connectivity index (χ4v) is 12.9. The van der Waals surface area contributed by atoms with Crippen molar-refractivity contribution in [2.45, 2.75) is 37.5 Å². The summed E-state index contributed by atoms with van der Waals surface area (Å²) >= 11 is 0. The Morgan fingerprint density at radius 3 is 1.98 bits per heavy atom. The molecule has 0 unspecified atom stereocenters. The number of benzene rings is 8. The third-order valence-electron chi connectivity index (χ3n) is 15.0. The highest BCUT2D eigenvalue weighted by Gasteiger charge is 2.62. The van der Waals surface area contributed by atoms with E-state index in [1.165, 1.54) is 87.5 Å². The molecule has 14 rings (SSSR count). The van der Waals surface area contributed by atoms with Crippen LogP contribution in [0.3, 0.4) is 0 Å². The van der Waals surface area contributed by atoms with E-state index < -0.39 is 0 Å². The molecule has 0 radical (unpaired) electrons. The van der Waals surface area contributed by atoms with Crippen molar-refractivity contribution in [3.8, 4) is 39.4 Å². The van der Waals surface area contributed by atoms with Crippen LogP contribution >= 0.6 is 0 Å². The maximum absolute atomic E-state index is 9.88. The van der Waals surface area contributed by atoms with Gasteiger partial charge in [-0.25, -0.2) is 0 Å². The fourth-order valence-electron chi connectivity index (χ4n) is 12.9. The van der Waals surface area contributed by atoms with Gasteiger partial charge in [0.05, 0.1) is 17.3 Å². The number of hydrogen-bond donors (Lipinski definition) is 0. The average Bonchev–Trinajstić information content (AvgIpc) is 3.81. The minimum atomic E-state index is -0.0728. The van der Waals surface area contributed by atoms with Gasteiger partial charge >= 0.3 is 0 Å². The van der Waals surface area contributed by atoms with E-state index in [9.17, 15) is 5.26 Å². The molecule has 4 fully saturated rings. The van der Waals surface area contributed by atoms with Crippen LogP contribution in [0.25, 0.3) is 66.1 Å². The van der Waals surface area contributed by atoms with Gasteiger partial charge in [-0.3, -0.25) is 0 Å². The summed E-state index contributed by atoms with van der Waals surface area (Å²) in [6.45, 7) is 0. The van der Waals surface area contributed by atoms with Crippen LogP contribution in [0, 0.1) is 35.0 Å². The van der Waals surface area contributed by atoms with Crippen LogP contribution in [-0.2, 0) is 5.41 Å². The Labute approximate surface area is 350 Å². The van der Waals surface area contributed by atoms with Gasteiger partial charge in [0.25, 0.3) is 0 Å². The average molecular weight is 771 g/mol. The zero-order valence-corrected chi connectivity index (χ0v) is 33.3. The van der Waals surface area contributed by atoms with Gasteiger partial charge in [-0.1, -0.05) is 97.1 Å². The fraction of sp³-hybridized carbons (Fsp3) is 0.175. The smallest absolute Gasteiger partial charge is 0.136 e. The van der Waals surface area contributed by atoms with Crippen molar-refractivity contribution in [3.63, 3.8) is 0 Å². The van der Waals surface area contributed by atoms with Crippen molar-refractivity contribution in [1.82, 2.24) is 0 Å². The molecule has 3 nitrogen and oxygen atoms in total. The molecule has 0 amide bonds. The van der Waals surface area contributed by atoms with E-state index in [0.717, 1.165) is 50.7 Å². The Balaban J connectivity index is 1.13. The van der Waals surface area contributed by atoms with E-state index in [-0.39, 0.29) is 5.41 Å². The molecular formula is C57H42N2O. The maximum atomic E-state index is 9.88. The SMILES string of the molecule is N#Cc1ccc(N(c2ccccc2)c2cc(-c3ccc4c(c3)oc3ccccc34)cc3c2-c2cc(-c4cccc5ccccc45)ccc2C32C3CC4CC(C3)CC2C4)cc1. The van der Waals surface area contributed by atoms with Gasteiger partial charge in [-0.05, 0) is 178 Å². The molecule has 5 aliphatic carbocycles. The second kappa shape index (κ2) is 12.8. The molecule has 1 aromatic heterocycles. The first-order valence-electron chi connectivity index (χ1n) is 21.7. The van der Waals surface area contributed by atoms with Crippen molar-refractivity contribution in [1.29, 1.82) is 5.26 Å². The summed E-state index contributed by atoms with van der Waals surface area (Å²) in [6.07, 6.45) is 6.63. The topological polar surface area (TPSA) is 40.2 Å². The van der Waals surface area contributed by atoms with E-state index in [2.05, 4.69) is 163 Å². The van der Waals surface area contributed by atoms with E-state index in [0.29, 0.717) is 17.4 Å². The molecule has 0 atom stereocenters. The second-order valence-corrected chi connectivity index (χ2v) is 18.0. The Kier molecular flexibility index (Phi) is 7.26.